The number of aryl methyl sites for hydroxylation is 1. The number of hydrogen-bond acceptors (Lipinski definition) is 5. The summed E-state index contributed by atoms with van der Waals surface area (Å²) in [5.74, 6) is 0.785. The summed E-state index contributed by atoms with van der Waals surface area (Å²) in [6.45, 7) is 11.9. The molecule has 0 aliphatic carbocycles. The van der Waals surface area contributed by atoms with Crippen molar-refractivity contribution in [2.45, 2.75) is 69.6 Å². The number of rotatable bonds is 7. The van der Waals surface area contributed by atoms with Gasteiger partial charge in [-0.25, -0.2) is 13.4 Å². The molecule has 2 saturated heterocycles. The Morgan fingerprint density at radius 3 is 2.68 bits per heavy atom. The van der Waals surface area contributed by atoms with Gasteiger partial charge in [-0.2, -0.15) is 0 Å². The van der Waals surface area contributed by atoms with Crippen molar-refractivity contribution in [2.24, 2.45) is 11.8 Å². The molecule has 3 atom stereocenters. The fraction of sp³-hybridized carbons (Fsp3) is 0.552. The SMILES string of the molecule is Cc1cncc2c1c(C[C@@H]1CCN([C@H](C)C3CCOCC3)C1)cn2-c1ccc(F)cc1S(=N)(=O)C(C)C. The molecule has 2 aliphatic heterocycles. The summed E-state index contributed by atoms with van der Waals surface area (Å²) in [4.78, 5) is 7.34. The van der Waals surface area contributed by atoms with Crippen LogP contribution in [0.4, 0.5) is 4.39 Å². The van der Waals surface area contributed by atoms with Crippen molar-refractivity contribution < 1.29 is 13.3 Å². The van der Waals surface area contributed by atoms with Gasteiger partial charge in [-0.05, 0) is 101 Å². The van der Waals surface area contributed by atoms with E-state index in [9.17, 15) is 8.60 Å². The predicted molar refractivity (Wildman–Crippen MR) is 146 cm³/mol. The van der Waals surface area contributed by atoms with Gasteiger partial charge in [-0.3, -0.25) is 4.98 Å². The number of hydrogen-bond donors (Lipinski definition) is 1. The van der Waals surface area contributed by atoms with Crippen molar-refractivity contribution in [3.05, 3.63) is 53.7 Å². The summed E-state index contributed by atoms with van der Waals surface area (Å²) in [5.41, 5.74) is 3.83. The van der Waals surface area contributed by atoms with Crippen LogP contribution in [-0.2, 0) is 20.9 Å². The topological polar surface area (TPSA) is 71.2 Å². The minimum atomic E-state index is -3.19. The highest BCUT2D eigenvalue weighted by Gasteiger charge is 2.32. The van der Waals surface area contributed by atoms with Crippen LogP contribution in [0.5, 0.6) is 0 Å². The fourth-order valence-electron chi connectivity index (χ4n) is 6.19. The number of nitrogens with one attached hydrogen (secondary N) is 1. The first-order chi connectivity index (χ1) is 17.7. The fourth-order valence-corrected chi connectivity index (χ4v) is 7.46. The molecule has 0 bridgehead atoms. The lowest BCUT2D eigenvalue weighted by Gasteiger charge is -2.34. The van der Waals surface area contributed by atoms with Gasteiger partial charge in [0.25, 0.3) is 0 Å². The third-order valence-electron chi connectivity index (χ3n) is 8.50. The normalized spacial score (nSPS) is 22.1. The van der Waals surface area contributed by atoms with E-state index in [1.165, 1.54) is 24.1 Å². The number of ether oxygens (including phenoxy) is 1. The molecule has 37 heavy (non-hydrogen) atoms. The van der Waals surface area contributed by atoms with Crippen molar-refractivity contribution in [1.82, 2.24) is 14.5 Å². The van der Waals surface area contributed by atoms with E-state index in [0.29, 0.717) is 23.6 Å². The summed E-state index contributed by atoms with van der Waals surface area (Å²) in [5, 5.41) is 0.721. The van der Waals surface area contributed by atoms with E-state index in [2.05, 4.69) is 29.9 Å². The van der Waals surface area contributed by atoms with Gasteiger partial charge in [0.05, 0.1) is 32.0 Å². The minimum Gasteiger partial charge on any atom is -0.381 e. The maximum absolute atomic E-state index is 14.3. The smallest absolute Gasteiger partial charge is 0.124 e. The van der Waals surface area contributed by atoms with E-state index >= 15 is 0 Å². The quantitative estimate of drug-likeness (QED) is 0.412. The highest BCUT2D eigenvalue weighted by Crippen LogP contribution is 2.35. The molecule has 1 aromatic carbocycles. The third-order valence-corrected chi connectivity index (χ3v) is 10.8. The summed E-state index contributed by atoms with van der Waals surface area (Å²) in [6, 6.07) is 4.88. The molecule has 4 heterocycles. The Morgan fingerprint density at radius 1 is 1.19 bits per heavy atom. The van der Waals surface area contributed by atoms with E-state index in [0.717, 1.165) is 62.0 Å². The number of nitrogens with zero attached hydrogens (tertiary/aromatic N) is 3. The molecule has 0 amide bonds. The molecule has 0 spiro atoms. The summed E-state index contributed by atoms with van der Waals surface area (Å²) < 4.78 is 43.9. The third kappa shape index (κ3) is 5.08. The number of benzene rings is 1. The Balaban J connectivity index is 1.48. The highest BCUT2D eigenvalue weighted by atomic mass is 32.2. The van der Waals surface area contributed by atoms with Crippen LogP contribution < -0.4 is 0 Å². The van der Waals surface area contributed by atoms with E-state index in [4.69, 9.17) is 9.52 Å². The zero-order valence-corrected chi connectivity index (χ0v) is 23.2. The molecule has 5 rings (SSSR count). The van der Waals surface area contributed by atoms with Crippen molar-refractivity contribution in [2.75, 3.05) is 26.3 Å². The lowest BCUT2D eigenvalue weighted by molar-refractivity contribution is 0.0348. The molecule has 0 saturated carbocycles. The van der Waals surface area contributed by atoms with Crippen LogP contribution in [0.3, 0.4) is 0 Å². The molecule has 1 N–H and O–H groups in total. The minimum absolute atomic E-state index is 0.241. The highest BCUT2D eigenvalue weighted by molar-refractivity contribution is 7.93. The van der Waals surface area contributed by atoms with Crippen LogP contribution in [0.1, 0.15) is 51.2 Å². The molecule has 200 valence electrons. The van der Waals surface area contributed by atoms with Crippen molar-refractivity contribution in [3.8, 4) is 5.69 Å². The van der Waals surface area contributed by atoms with Crippen LogP contribution in [0.15, 0.2) is 41.7 Å². The number of pyridine rings is 1. The number of likely N-dealkylation sites (tertiary alicyclic amines) is 1. The van der Waals surface area contributed by atoms with Gasteiger partial charge in [0.1, 0.15) is 5.82 Å². The Morgan fingerprint density at radius 2 is 1.95 bits per heavy atom. The lowest BCUT2D eigenvalue weighted by Crippen LogP contribution is -2.39. The van der Waals surface area contributed by atoms with Crippen molar-refractivity contribution in [3.63, 3.8) is 0 Å². The van der Waals surface area contributed by atoms with Crippen LogP contribution >= 0.6 is 0 Å². The van der Waals surface area contributed by atoms with E-state index in [1.54, 1.807) is 19.9 Å². The van der Waals surface area contributed by atoms with E-state index < -0.39 is 20.8 Å². The Bertz CT molecular complexity index is 1380. The van der Waals surface area contributed by atoms with E-state index in [1.807, 2.05) is 17.0 Å². The average Bonchev–Trinajstić information content (AvgIpc) is 3.50. The second kappa shape index (κ2) is 10.5. The van der Waals surface area contributed by atoms with Gasteiger partial charge >= 0.3 is 0 Å². The van der Waals surface area contributed by atoms with Crippen LogP contribution in [0.2, 0.25) is 0 Å². The molecule has 2 aromatic heterocycles. The monoisotopic (exact) mass is 526 g/mol. The Kier molecular flexibility index (Phi) is 7.44. The van der Waals surface area contributed by atoms with Crippen LogP contribution in [-0.4, -0.2) is 56.3 Å². The molecular weight excluding hydrogens is 487 g/mol. The average molecular weight is 527 g/mol. The molecule has 3 aromatic rings. The van der Waals surface area contributed by atoms with Gasteiger partial charge < -0.3 is 14.2 Å². The van der Waals surface area contributed by atoms with Crippen LogP contribution in [0.25, 0.3) is 16.6 Å². The van der Waals surface area contributed by atoms with Gasteiger partial charge in [0, 0.05) is 48.8 Å². The molecule has 0 radical (unpaired) electrons. The number of fused-ring (bicyclic) bond motifs is 1. The second-order valence-corrected chi connectivity index (χ2v) is 13.8. The van der Waals surface area contributed by atoms with Crippen LogP contribution in [0, 0.1) is 29.4 Å². The van der Waals surface area contributed by atoms with E-state index in [-0.39, 0.29) is 4.90 Å². The van der Waals surface area contributed by atoms with Gasteiger partial charge in [0.15, 0.2) is 0 Å². The molecule has 1 unspecified atom stereocenters. The maximum Gasteiger partial charge on any atom is 0.124 e. The van der Waals surface area contributed by atoms with Crippen molar-refractivity contribution >= 4 is 20.6 Å². The largest absolute Gasteiger partial charge is 0.381 e. The van der Waals surface area contributed by atoms with Gasteiger partial charge in [-0.15, -0.1) is 0 Å². The lowest BCUT2D eigenvalue weighted by atomic mass is 9.92. The summed E-state index contributed by atoms with van der Waals surface area (Å²) in [7, 11) is -3.19. The first-order valence-electron chi connectivity index (χ1n) is 13.5. The van der Waals surface area contributed by atoms with Gasteiger partial charge in [-0.1, -0.05) is 0 Å². The maximum atomic E-state index is 14.3. The number of halogens is 1. The zero-order valence-electron chi connectivity index (χ0n) is 22.4. The predicted octanol–water partition coefficient (Wildman–Crippen LogP) is 5.97. The number of aromatic nitrogens is 2. The zero-order chi connectivity index (χ0) is 26.3. The molecular formula is C29H39FN4O2S. The summed E-state index contributed by atoms with van der Waals surface area (Å²) >= 11 is 0. The summed E-state index contributed by atoms with van der Waals surface area (Å²) in [6.07, 6.45) is 10.2. The molecule has 8 heteroatoms. The second-order valence-electron chi connectivity index (χ2n) is 11.2. The van der Waals surface area contributed by atoms with Crippen molar-refractivity contribution in [1.29, 1.82) is 4.78 Å². The Hall–Kier alpha value is -2.29. The first-order valence-corrected chi connectivity index (χ1v) is 15.1. The molecule has 6 nitrogen and oxygen atoms in total. The molecule has 2 aliphatic rings. The standard InChI is InChI=1S/C29H39FN4O2S/c1-19(2)37(31,35)28-14-25(30)5-6-26(28)34-18-24(29-20(3)15-32-16-27(29)34)13-22-7-10-33(17-22)21(4)23-8-11-36-12-9-23/h5-6,14-16,18-19,21-23,31H,7-13,17H2,1-4H3/t21-,22+,37?/m1/s1. The first kappa shape index (κ1) is 26.3. The Labute approximate surface area is 220 Å². The molecule has 2 fully saturated rings. The van der Waals surface area contributed by atoms with Gasteiger partial charge in [0.2, 0.25) is 0 Å².